The van der Waals surface area contributed by atoms with E-state index in [1.807, 2.05) is 22.5 Å². The number of carbonyl (C=O) groups excluding carboxylic acids is 3. The van der Waals surface area contributed by atoms with E-state index in [2.05, 4.69) is 44.0 Å². The molecule has 0 unspecified atom stereocenters. The van der Waals surface area contributed by atoms with Crippen LogP contribution < -0.4 is 5.32 Å². The molecule has 5 rings (SSSR count). The number of likely N-dealkylation sites (tertiary alicyclic amines) is 1. The molecule has 7 nitrogen and oxygen atoms in total. The molecule has 1 atom stereocenters. The van der Waals surface area contributed by atoms with E-state index in [0.717, 1.165) is 45.3 Å². The summed E-state index contributed by atoms with van der Waals surface area (Å²) in [5, 5.41) is 2.64. The molecule has 0 bridgehead atoms. The van der Waals surface area contributed by atoms with Crippen molar-refractivity contribution in [1.29, 1.82) is 0 Å². The third-order valence-electron chi connectivity index (χ3n) is 8.51. The van der Waals surface area contributed by atoms with Crippen LogP contribution in [0.25, 0.3) is 0 Å². The molecule has 3 amide bonds. The molecular weight excluding hydrogens is 756 g/mol. The topological polar surface area (TPSA) is 88.6 Å². The largest absolute Gasteiger partial charge is 0.446 e. The highest BCUT2D eigenvalue weighted by molar-refractivity contribution is 9.10. The molecule has 0 radical (unpaired) electrons. The van der Waals surface area contributed by atoms with E-state index in [4.69, 9.17) is 56.1 Å². The van der Waals surface area contributed by atoms with Crippen LogP contribution in [0.4, 0.5) is 4.79 Å². The lowest BCUT2D eigenvalue weighted by atomic mass is 9.76. The number of piperidine rings is 1. The fraction of sp³-hybridized carbons (Fsp3) is 0.517. The molecular formula is C29H29Br2Cl4N3O4. The first kappa shape index (κ1) is 32.3. The number of halogens is 6. The number of nitrogens with zero attached hydrogens (tertiary/aromatic N) is 2. The van der Waals surface area contributed by atoms with Crippen LogP contribution in [0.5, 0.6) is 0 Å². The lowest BCUT2D eigenvalue weighted by Gasteiger charge is -2.39. The number of carbonyl (C=O) groups is 3. The minimum Gasteiger partial charge on any atom is -0.446 e. The fourth-order valence-electron chi connectivity index (χ4n) is 6.51. The van der Waals surface area contributed by atoms with Crippen molar-refractivity contribution in [2.75, 3.05) is 13.1 Å². The number of aromatic nitrogens is 1. The van der Waals surface area contributed by atoms with Crippen LogP contribution in [0.15, 0.2) is 33.3 Å². The maximum Gasteiger partial charge on any atom is 0.414 e. The summed E-state index contributed by atoms with van der Waals surface area (Å²) < 4.78 is 5.04. The lowest BCUT2D eigenvalue weighted by Crippen LogP contribution is -2.44. The highest BCUT2D eigenvalue weighted by Crippen LogP contribution is 2.46. The van der Waals surface area contributed by atoms with Gasteiger partial charge >= 0.3 is 6.09 Å². The molecule has 2 fully saturated rings. The van der Waals surface area contributed by atoms with Gasteiger partial charge in [0.05, 0.1) is 5.69 Å². The van der Waals surface area contributed by atoms with Gasteiger partial charge in [0, 0.05) is 45.1 Å². The Balaban J connectivity index is 1.21. The van der Waals surface area contributed by atoms with Gasteiger partial charge in [-0.2, -0.15) is 0 Å². The number of amides is 3. The summed E-state index contributed by atoms with van der Waals surface area (Å²) in [6.45, 7) is 1.37. The quantitative estimate of drug-likeness (QED) is 0.320. The number of alkyl carbamates (subject to hydrolysis) is 1. The Morgan fingerprint density at radius 3 is 2.29 bits per heavy atom. The second-order valence-corrected chi connectivity index (χ2v) is 15.6. The number of imide groups is 1. The second kappa shape index (κ2) is 13.5. The monoisotopic (exact) mass is 781 g/mol. The first-order chi connectivity index (χ1) is 19.9. The summed E-state index contributed by atoms with van der Waals surface area (Å²) >= 11 is 30.3. The molecule has 3 aliphatic rings. The van der Waals surface area contributed by atoms with Crippen molar-refractivity contribution in [2.24, 2.45) is 11.8 Å². The van der Waals surface area contributed by atoms with E-state index in [1.165, 1.54) is 16.7 Å². The third-order valence-corrected chi connectivity index (χ3v) is 10.3. The number of alkyl halides is 3. The van der Waals surface area contributed by atoms with Crippen molar-refractivity contribution in [3.05, 3.63) is 60.7 Å². The van der Waals surface area contributed by atoms with Gasteiger partial charge in [0.2, 0.25) is 5.91 Å². The molecule has 1 saturated heterocycles. The fourth-order valence-corrected chi connectivity index (χ4v) is 8.15. The summed E-state index contributed by atoms with van der Waals surface area (Å²) in [5.41, 5.74) is 4.87. The van der Waals surface area contributed by atoms with Gasteiger partial charge in [-0.25, -0.2) is 4.79 Å². The zero-order valence-corrected chi connectivity index (χ0v) is 28.7. The van der Waals surface area contributed by atoms with Crippen LogP contribution in [-0.2, 0) is 27.2 Å². The molecule has 42 heavy (non-hydrogen) atoms. The van der Waals surface area contributed by atoms with Gasteiger partial charge in [-0.3, -0.25) is 19.9 Å². The van der Waals surface area contributed by atoms with Gasteiger partial charge in [-0.1, -0.05) is 62.3 Å². The van der Waals surface area contributed by atoms with Crippen molar-refractivity contribution < 1.29 is 19.1 Å². The van der Waals surface area contributed by atoms with Crippen LogP contribution >= 0.6 is 78.3 Å². The predicted molar refractivity (Wildman–Crippen MR) is 170 cm³/mol. The molecule has 1 N–H and O–H groups in total. The molecule has 2 heterocycles. The summed E-state index contributed by atoms with van der Waals surface area (Å²) in [6.07, 6.45) is 6.30. The summed E-state index contributed by atoms with van der Waals surface area (Å²) in [7, 11) is 0. The Labute approximate surface area is 281 Å². The Kier molecular flexibility index (Phi) is 10.4. The number of pyridine rings is 1. The summed E-state index contributed by atoms with van der Waals surface area (Å²) in [6, 6.07) is 6.23. The SMILES string of the molecule is O=C(NC(=O)C(Cl)(Cl)Cl)OC1CCC(C(=O)N2CCC([C@H]3c4ncc(Br)cc4CCc4cc(Cl)cc(Br)c43)CC2)CC1. The molecule has 1 saturated carbocycles. The molecule has 1 aliphatic heterocycles. The van der Waals surface area contributed by atoms with Gasteiger partial charge in [0.25, 0.3) is 9.70 Å². The number of ether oxygens (including phenoxy) is 1. The molecule has 2 aliphatic carbocycles. The zero-order valence-electron chi connectivity index (χ0n) is 22.5. The van der Waals surface area contributed by atoms with Crippen LogP contribution in [0.3, 0.4) is 0 Å². The predicted octanol–water partition coefficient (Wildman–Crippen LogP) is 7.91. The molecule has 1 aromatic heterocycles. The number of benzene rings is 1. The Hall–Kier alpha value is -1.10. The highest BCUT2D eigenvalue weighted by Gasteiger charge is 2.39. The average Bonchev–Trinajstić information content (AvgIpc) is 3.09. The van der Waals surface area contributed by atoms with E-state index < -0.39 is 21.9 Å². The minimum atomic E-state index is -2.25. The van der Waals surface area contributed by atoms with Gasteiger partial charge in [0.15, 0.2) is 0 Å². The van der Waals surface area contributed by atoms with Crippen molar-refractivity contribution in [1.82, 2.24) is 15.2 Å². The number of hydrogen-bond donors (Lipinski definition) is 1. The zero-order chi connectivity index (χ0) is 30.2. The van der Waals surface area contributed by atoms with E-state index in [1.54, 1.807) is 0 Å². The van der Waals surface area contributed by atoms with Crippen LogP contribution in [0, 0.1) is 11.8 Å². The smallest absolute Gasteiger partial charge is 0.414 e. The van der Waals surface area contributed by atoms with Crippen molar-refractivity contribution >= 4 is 96.2 Å². The molecule has 226 valence electrons. The maximum atomic E-state index is 13.5. The Morgan fingerprint density at radius 2 is 1.62 bits per heavy atom. The van der Waals surface area contributed by atoms with Gasteiger partial charge < -0.3 is 9.64 Å². The van der Waals surface area contributed by atoms with Crippen LogP contribution in [0.1, 0.15) is 66.8 Å². The van der Waals surface area contributed by atoms with Gasteiger partial charge in [-0.05, 0) is 108 Å². The molecule has 2 aromatic rings. The van der Waals surface area contributed by atoms with E-state index >= 15 is 0 Å². The van der Waals surface area contributed by atoms with Gasteiger partial charge in [0.1, 0.15) is 6.10 Å². The van der Waals surface area contributed by atoms with Crippen LogP contribution in [0.2, 0.25) is 5.02 Å². The van der Waals surface area contributed by atoms with E-state index in [0.29, 0.717) is 44.7 Å². The van der Waals surface area contributed by atoms with E-state index in [9.17, 15) is 14.4 Å². The second-order valence-electron chi connectivity index (χ2n) is 11.1. The first-order valence-electron chi connectivity index (χ1n) is 13.9. The van der Waals surface area contributed by atoms with Crippen molar-refractivity contribution in [3.63, 3.8) is 0 Å². The number of nitrogens with one attached hydrogen (secondary N) is 1. The number of fused-ring (bicyclic) bond motifs is 2. The summed E-state index contributed by atoms with van der Waals surface area (Å²) in [4.78, 5) is 44.1. The minimum absolute atomic E-state index is 0.113. The number of aryl methyl sites for hydroxylation is 2. The van der Waals surface area contributed by atoms with Crippen LogP contribution in [-0.4, -0.2) is 50.8 Å². The number of hydrogen-bond acceptors (Lipinski definition) is 5. The highest BCUT2D eigenvalue weighted by atomic mass is 79.9. The molecule has 1 aromatic carbocycles. The molecule has 13 heteroatoms. The lowest BCUT2D eigenvalue weighted by molar-refractivity contribution is -0.138. The Bertz CT molecular complexity index is 1370. The normalized spacial score (nSPS) is 22.9. The Morgan fingerprint density at radius 1 is 0.952 bits per heavy atom. The average molecular weight is 785 g/mol. The third kappa shape index (κ3) is 7.40. The van der Waals surface area contributed by atoms with E-state index in [-0.39, 0.29) is 17.7 Å². The maximum absolute atomic E-state index is 13.5. The first-order valence-corrected chi connectivity index (χ1v) is 17.0. The van der Waals surface area contributed by atoms with Crippen molar-refractivity contribution in [3.8, 4) is 0 Å². The number of rotatable bonds is 3. The van der Waals surface area contributed by atoms with Gasteiger partial charge in [-0.15, -0.1) is 0 Å². The van der Waals surface area contributed by atoms with Crippen molar-refractivity contribution in [2.45, 2.75) is 67.2 Å². The standard InChI is InChI=1S/C29H29Br2Cl4N3O4/c30-19-11-18-2-1-17-12-20(32)13-22(31)23(17)24(25(18)36-14-19)15-7-9-38(10-8-15)26(39)16-3-5-21(6-4-16)42-28(41)37-27(40)29(33,34)35/h11-16,21,24H,1-10H2,(H,37,40,41)/t16?,21?,24-/m1/s1. The molecule has 0 spiro atoms. The summed E-state index contributed by atoms with van der Waals surface area (Å²) in [5.74, 6) is -0.600.